The lowest BCUT2D eigenvalue weighted by Gasteiger charge is -2.09. The maximum Gasteiger partial charge on any atom is 0.117 e. The number of phenolic OH excluding ortho intramolecular Hbond substituents is 1. The standard InChI is InChI=1S/C9H9ClO2/c10-8-5-6(11)1-2-7(8)9(12)3-4-9/h1-2,5,11-12H,3-4H2. The number of aromatic hydroxyl groups is 1. The Kier molecular flexibility index (Phi) is 1.56. The van der Waals surface area contributed by atoms with E-state index >= 15 is 0 Å². The maximum absolute atomic E-state index is 9.71. The lowest BCUT2D eigenvalue weighted by atomic mass is 10.1. The lowest BCUT2D eigenvalue weighted by molar-refractivity contribution is 0.151. The molecule has 0 aliphatic heterocycles. The van der Waals surface area contributed by atoms with E-state index < -0.39 is 5.60 Å². The van der Waals surface area contributed by atoms with Gasteiger partial charge in [-0.15, -0.1) is 0 Å². The van der Waals surface area contributed by atoms with Gasteiger partial charge in [0.15, 0.2) is 0 Å². The summed E-state index contributed by atoms with van der Waals surface area (Å²) in [6, 6.07) is 4.66. The number of hydrogen-bond donors (Lipinski definition) is 2. The first-order valence-corrected chi connectivity index (χ1v) is 4.21. The Bertz CT molecular complexity index is 318. The van der Waals surface area contributed by atoms with E-state index in [1.54, 1.807) is 6.07 Å². The summed E-state index contributed by atoms with van der Waals surface area (Å²) >= 11 is 5.83. The Morgan fingerprint density at radius 3 is 2.50 bits per heavy atom. The van der Waals surface area contributed by atoms with Crippen LogP contribution in [0.4, 0.5) is 0 Å². The van der Waals surface area contributed by atoms with Gasteiger partial charge in [0.1, 0.15) is 5.75 Å². The molecule has 2 N–H and O–H groups in total. The molecule has 0 radical (unpaired) electrons. The summed E-state index contributed by atoms with van der Waals surface area (Å²) in [6.07, 6.45) is 1.52. The average Bonchev–Trinajstić information content (AvgIpc) is 2.68. The summed E-state index contributed by atoms with van der Waals surface area (Å²) in [6.45, 7) is 0. The van der Waals surface area contributed by atoms with E-state index in [1.807, 2.05) is 0 Å². The number of phenols is 1. The van der Waals surface area contributed by atoms with E-state index in [9.17, 15) is 5.11 Å². The Balaban J connectivity index is 2.45. The first-order valence-electron chi connectivity index (χ1n) is 3.83. The van der Waals surface area contributed by atoms with Crippen LogP contribution in [0.25, 0.3) is 0 Å². The van der Waals surface area contributed by atoms with Crippen LogP contribution < -0.4 is 0 Å². The molecule has 0 bridgehead atoms. The van der Waals surface area contributed by atoms with Crippen LogP contribution in [0.15, 0.2) is 18.2 Å². The molecule has 0 unspecified atom stereocenters. The molecular weight excluding hydrogens is 176 g/mol. The van der Waals surface area contributed by atoms with Gasteiger partial charge in [-0.05, 0) is 25.0 Å². The normalized spacial score (nSPS) is 19.2. The summed E-state index contributed by atoms with van der Waals surface area (Å²) in [5.74, 6) is 0.132. The summed E-state index contributed by atoms with van der Waals surface area (Å²) in [4.78, 5) is 0. The Morgan fingerprint density at radius 1 is 1.33 bits per heavy atom. The smallest absolute Gasteiger partial charge is 0.117 e. The first-order chi connectivity index (χ1) is 5.62. The SMILES string of the molecule is Oc1ccc(C2(O)CC2)c(Cl)c1. The van der Waals surface area contributed by atoms with Crippen LogP contribution in [0.3, 0.4) is 0 Å². The topological polar surface area (TPSA) is 40.5 Å². The van der Waals surface area contributed by atoms with Crippen molar-refractivity contribution >= 4 is 11.6 Å². The molecule has 1 aliphatic carbocycles. The average molecular weight is 185 g/mol. The molecule has 1 aromatic rings. The second kappa shape index (κ2) is 2.38. The van der Waals surface area contributed by atoms with Gasteiger partial charge in [-0.3, -0.25) is 0 Å². The van der Waals surface area contributed by atoms with Crippen LogP contribution in [0.2, 0.25) is 5.02 Å². The molecule has 0 aromatic heterocycles. The van der Waals surface area contributed by atoms with Crippen molar-refractivity contribution in [3.05, 3.63) is 28.8 Å². The third-order valence-electron chi connectivity index (χ3n) is 2.18. The van der Waals surface area contributed by atoms with Gasteiger partial charge in [0.25, 0.3) is 0 Å². The molecule has 3 heteroatoms. The number of halogens is 1. The number of hydrogen-bond acceptors (Lipinski definition) is 2. The molecule has 0 saturated heterocycles. The van der Waals surface area contributed by atoms with Crippen molar-refractivity contribution in [2.24, 2.45) is 0 Å². The second-order valence-electron chi connectivity index (χ2n) is 3.20. The Hall–Kier alpha value is -0.730. The van der Waals surface area contributed by atoms with Crippen molar-refractivity contribution in [2.45, 2.75) is 18.4 Å². The van der Waals surface area contributed by atoms with Gasteiger partial charge in [-0.2, -0.15) is 0 Å². The molecule has 1 aromatic carbocycles. The molecular formula is C9H9ClO2. The Morgan fingerprint density at radius 2 is 2.00 bits per heavy atom. The van der Waals surface area contributed by atoms with Gasteiger partial charge >= 0.3 is 0 Å². The minimum atomic E-state index is -0.717. The largest absolute Gasteiger partial charge is 0.508 e. The van der Waals surface area contributed by atoms with Crippen molar-refractivity contribution in [1.29, 1.82) is 0 Å². The number of aliphatic hydroxyl groups is 1. The summed E-state index contributed by atoms with van der Waals surface area (Å²) in [5, 5.41) is 19.2. The van der Waals surface area contributed by atoms with E-state index in [-0.39, 0.29) is 5.75 Å². The second-order valence-corrected chi connectivity index (χ2v) is 3.60. The van der Waals surface area contributed by atoms with Crippen LogP contribution in [0.5, 0.6) is 5.75 Å². The van der Waals surface area contributed by atoms with Crippen LogP contribution >= 0.6 is 11.6 Å². The van der Waals surface area contributed by atoms with E-state index in [1.165, 1.54) is 12.1 Å². The predicted molar refractivity (Wildman–Crippen MR) is 46.2 cm³/mol. The minimum Gasteiger partial charge on any atom is -0.508 e. The summed E-state index contributed by atoms with van der Waals surface area (Å²) in [7, 11) is 0. The van der Waals surface area contributed by atoms with Gasteiger partial charge < -0.3 is 10.2 Å². The molecule has 0 amide bonds. The van der Waals surface area contributed by atoms with Crippen molar-refractivity contribution in [1.82, 2.24) is 0 Å². The zero-order valence-electron chi connectivity index (χ0n) is 6.42. The molecule has 1 saturated carbocycles. The molecule has 0 heterocycles. The fourth-order valence-electron chi connectivity index (χ4n) is 1.27. The quantitative estimate of drug-likeness (QED) is 0.701. The van der Waals surface area contributed by atoms with Gasteiger partial charge in [0.05, 0.1) is 10.6 Å². The highest BCUT2D eigenvalue weighted by molar-refractivity contribution is 6.31. The highest BCUT2D eigenvalue weighted by Crippen LogP contribution is 2.48. The number of rotatable bonds is 1. The molecule has 0 atom stereocenters. The number of benzene rings is 1. The van der Waals surface area contributed by atoms with Crippen LogP contribution in [0, 0.1) is 0 Å². The van der Waals surface area contributed by atoms with Crippen LogP contribution in [-0.4, -0.2) is 10.2 Å². The van der Waals surface area contributed by atoms with Crippen molar-refractivity contribution in [3.8, 4) is 5.75 Å². The highest BCUT2D eigenvalue weighted by Gasteiger charge is 2.43. The maximum atomic E-state index is 9.71. The molecule has 1 aliphatic rings. The van der Waals surface area contributed by atoms with E-state index in [4.69, 9.17) is 16.7 Å². The summed E-state index contributed by atoms with van der Waals surface area (Å²) in [5.41, 5.74) is 0.00657. The van der Waals surface area contributed by atoms with Crippen molar-refractivity contribution in [2.75, 3.05) is 0 Å². The molecule has 1 fully saturated rings. The zero-order chi connectivity index (χ0) is 8.77. The Labute approximate surface area is 75.4 Å². The van der Waals surface area contributed by atoms with E-state index in [2.05, 4.69) is 0 Å². The van der Waals surface area contributed by atoms with E-state index in [0.717, 1.165) is 18.4 Å². The zero-order valence-corrected chi connectivity index (χ0v) is 7.17. The molecule has 12 heavy (non-hydrogen) atoms. The van der Waals surface area contributed by atoms with Gasteiger partial charge in [0.2, 0.25) is 0 Å². The molecule has 2 rings (SSSR count). The minimum absolute atomic E-state index is 0.132. The van der Waals surface area contributed by atoms with Gasteiger partial charge in [-0.25, -0.2) is 0 Å². The van der Waals surface area contributed by atoms with Crippen LogP contribution in [-0.2, 0) is 5.60 Å². The van der Waals surface area contributed by atoms with Crippen LogP contribution in [0.1, 0.15) is 18.4 Å². The molecule has 64 valence electrons. The lowest BCUT2D eigenvalue weighted by Crippen LogP contribution is -2.04. The van der Waals surface area contributed by atoms with E-state index in [0.29, 0.717) is 5.02 Å². The fourth-order valence-corrected chi connectivity index (χ4v) is 1.62. The third kappa shape index (κ3) is 1.17. The summed E-state index contributed by atoms with van der Waals surface area (Å²) < 4.78 is 0. The van der Waals surface area contributed by atoms with Crippen molar-refractivity contribution in [3.63, 3.8) is 0 Å². The first kappa shape index (κ1) is 7.90. The van der Waals surface area contributed by atoms with Gasteiger partial charge in [0, 0.05) is 5.56 Å². The molecule has 0 spiro atoms. The predicted octanol–water partition coefficient (Wildman–Crippen LogP) is 2.03. The third-order valence-corrected chi connectivity index (χ3v) is 2.49. The fraction of sp³-hybridized carbons (Fsp3) is 0.333. The monoisotopic (exact) mass is 184 g/mol. The van der Waals surface area contributed by atoms with Crippen molar-refractivity contribution < 1.29 is 10.2 Å². The highest BCUT2D eigenvalue weighted by atomic mass is 35.5. The van der Waals surface area contributed by atoms with Gasteiger partial charge in [-0.1, -0.05) is 17.7 Å². The molecule has 2 nitrogen and oxygen atoms in total.